The minimum absolute atomic E-state index is 0.0708. The zero-order valence-corrected chi connectivity index (χ0v) is 21.6. The molecule has 0 aromatic heterocycles. The number of nitrogens with one attached hydrogen (secondary N) is 2. The molecule has 0 bridgehead atoms. The lowest BCUT2D eigenvalue weighted by Gasteiger charge is -2.38. The van der Waals surface area contributed by atoms with Gasteiger partial charge in [0.25, 0.3) is 0 Å². The second-order valence-electron chi connectivity index (χ2n) is 10.1. The van der Waals surface area contributed by atoms with Gasteiger partial charge in [0, 0.05) is 23.2 Å². The van der Waals surface area contributed by atoms with E-state index in [1.165, 1.54) is 0 Å². The Kier molecular flexibility index (Phi) is 9.63. The van der Waals surface area contributed by atoms with E-state index in [4.69, 9.17) is 4.74 Å². The number of rotatable bonds is 8. The highest BCUT2D eigenvalue weighted by molar-refractivity contribution is 8.00. The van der Waals surface area contributed by atoms with Gasteiger partial charge in [-0.25, -0.2) is 4.79 Å². The van der Waals surface area contributed by atoms with Crippen LogP contribution in [-0.2, 0) is 19.1 Å². The number of esters is 1. The molecular formula is C23H41N3O4S. The summed E-state index contributed by atoms with van der Waals surface area (Å²) in [5.41, 5.74) is -0.0244. The molecule has 0 saturated carbocycles. The predicted octanol–water partition coefficient (Wildman–Crippen LogP) is 2.95. The largest absolute Gasteiger partial charge is 0.463 e. The van der Waals surface area contributed by atoms with Gasteiger partial charge in [-0.3, -0.25) is 14.9 Å². The summed E-state index contributed by atoms with van der Waals surface area (Å²) < 4.78 is 4.83. The molecule has 3 atom stereocenters. The Bertz CT molecular complexity index is 697. The van der Waals surface area contributed by atoms with Crippen LogP contribution in [0, 0.1) is 11.3 Å². The molecule has 1 rings (SSSR count). The molecule has 1 saturated heterocycles. The smallest absolute Gasteiger partial charge is 0.333 e. The fourth-order valence-corrected chi connectivity index (χ4v) is 4.57. The number of amides is 2. The van der Waals surface area contributed by atoms with Gasteiger partial charge >= 0.3 is 5.97 Å². The van der Waals surface area contributed by atoms with Crippen LogP contribution < -0.4 is 10.6 Å². The highest BCUT2D eigenvalue weighted by Crippen LogP contribution is 2.33. The van der Waals surface area contributed by atoms with Crippen molar-refractivity contribution >= 4 is 29.5 Å². The number of hydrogen-bond acceptors (Lipinski definition) is 6. The van der Waals surface area contributed by atoms with Gasteiger partial charge in [-0.15, -0.1) is 11.8 Å². The number of thioether (sulfide) groups is 1. The van der Waals surface area contributed by atoms with E-state index in [-0.39, 0.29) is 40.5 Å². The van der Waals surface area contributed by atoms with Crippen molar-refractivity contribution in [3.63, 3.8) is 0 Å². The third-order valence-electron chi connectivity index (χ3n) is 5.58. The number of nitrogens with zero attached hydrogens (tertiary/aromatic N) is 1. The Balaban J connectivity index is 3.13. The van der Waals surface area contributed by atoms with Gasteiger partial charge < -0.3 is 15.0 Å². The molecule has 7 nitrogen and oxygen atoms in total. The first-order chi connectivity index (χ1) is 14.1. The van der Waals surface area contributed by atoms with E-state index in [1.807, 2.05) is 48.5 Å². The highest BCUT2D eigenvalue weighted by atomic mass is 32.2. The monoisotopic (exact) mass is 455 g/mol. The lowest BCUT2D eigenvalue weighted by atomic mass is 9.84. The van der Waals surface area contributed by atoms with Crippen LogP contribution in [0.1, 0.15) is 62.3 Å². The van der Waals surface area contributed by atoms with Crippen LogP contribution >= 0.6 is 11.8 Å². The molecule has 31 heavy (non-hydrogen) atoms. The standard InChI is InChI=1S/C23H41N3O4S/c1-11-30-21(29)15(4)12-16(14(2)3)26(10)20(28)18(22(5,6)7)25-19(27)17-23(8,9)31-13-24-17/h12,14,16-18,24H,11,13H2,1-10H3,(H,25,27)/b15-12+/t16?,17?,18-/m1/s1. The lowest BCUT2D eigenvalue weighted by Crippen LogP contribution is -2.60. The van der Waals surface area contributed by atoms with E-state index in [2.05, 4.69) is 10.6 Å². The van der Waals surface area contributed by atoms with Crippen LogP contribution in [0.2, 0.25) is 0 Å². The maximum absolute atomic E-state index is 13.6. The van der Waals surface area contributed by atoms with Crippen molar-refractivity contribution in [3.8, 4) is 0 Å². The van der Waals surface area contributed by atoms with Crippen molar-refractivity contribution in [2.45, 2.75) is 85.2 Å². The molecule has 0 radical (unpaired) electrons. The summed E-state index contributed by atoms with van der Waals surface area (Å²) in [6, 6.07) is -1.38. The normalized spacial score (nSPS) is 20.9. The zero-order chi connectivity index (χ0) is 24.1. The van der Waals surface area contributed by atoms with Crippen LogP contribution in [-0.4, -0.2) is 65.1 Å². The van der Waals surface area contributed by atoms with Crippen LogP contribution in [0.25, 0.3) is 0 Å². The van der Waals surface area contributed by atoms with E-state index >= 15 is 0 Å². The summed E-state index contributed by atoms with van der Waals surface area (Å²) in [5.74, 6) is 0.0297. The molecule has 1 heterocycles. The average Bonchev–Trinajstić information content (AvgIpc) is 3.00. The molecule has 2 N–H and O–H groups in total. The Morgan fingerprint density at radius 1 is 1.29 bits per heavy atom. The fraction of sp³-hybridized carbons (Fsp3) is 0.783. The van der Waals surface area contributed by atoms with Gasteiger partial charge in [-0.1, -0.05) is 40.7 Å². The van der Waals surface area contributed by atoms with E-state index in [0.717, 1.165) is 0 Å². The summed E-state index contributed by atoms with van der Waals surface area (Å²) in [4.78, 5) is 40.3. The summed E-state index contributed by atoms with van der Waals surface area (Å²) in [6.45, 7) is 17.6. The molecule has 0 spiro atoms. The second kappa shape index (κ2) is 10.9. The van der Waals surface area contributed by atoms with Gasteiger partial charge in [-0.2, -0.15) is 0 Å². The van der Waals surface area contributed by atoms with Crippen molar-refractivity contribution in [2.75, 3.05) is 19.5 Å². The summed E-state index contributed by atoms with van der Waals surface area (Å²) >= 11 is 1.69. The van der Waals surface area contributed by atoms with Crippen molar-refractivity contribution in [3.05, 3.63) is 11.6 Å². The summed E-state index contributed by atoms with van der Waals surface area (Å²) in [5, 5.41) is 6.24. The zero-order valence-electron chi connectivity index (χ0n) is 20.8. The molecule has 178 valence electrons. The SMILES string of the molecule is CCOC(=O)/C(C)=C/C(C(C)C)N(C)C(=O)[C@@H](NC(=O)C1NCSC1(C)C)C(C)(C)C. The van der Waals surface area contributed by atoms with Gasteiger partial charge in [-0.05, 0) is 39.0 Å². The van der Waals surface area contributed by atoms with Crippen molar-refractivity contribution in [1.82, 2.24) is 15.5 Å². The summed E-state index contributed by atoms with van der Waals surface area (Å²) in [7, 11) is 1.72. The molecule has 8 heteroatoms. The van der Waals surface area contributed by atoms with Crippen LogP contribution in [0.15, 0.2) is 11.6 Å². The number of likely N-dealkylation sites (N-methyl/N-ethyl adjacent to an activating group) is 1. The molecular weight excluding hydrogens is 414 g/mol. The van der Waals surface area contributed by atoms with Crippen LogP contribution in [0.5, 0.6) is 0 Å². The summed E-state index contributed by atoms with van der Waals surface area (Å²) in [6.07, 6.45) is 1.78. The van der Waals surface area contributed by atoms with E-state index in [1.54, 1.807) is 43.6 Å². The highest BCUT2D eigenvalue weighted by Gasteiger charge is 2.43. The fourth-order valence-electron chi connectivity index (χ4n) is 3.59. The first-order valence-corrected chi connectivity index (χ1v) is 11.9. The second-order valence-corrected chi connectivity index (χ2v) is 11.7. The van der Waals surface area contributed by atoms with Crippen molar-refractivity contribution < 1.29 is 19.1 Å². The van der Waals surface area contributed by atoms with E-state index < -0.39 is 11.5 Å². The Hall–Kier alpha value is -1.54. The van der Waals surface area contributed by atoms with E-state index in [9.17, 15) is 14.4 Å². The van der Waals surface area contributed by atoms with Crippen LogP contribution in [0.4, 0.5) is 0 Å². The molecule has 0 aromatic rings. The maximum Gasteiger partial charge on any atom is 0.333 e. The third-order valence-corrected chi connectivity index (χ3v) is 6.88. The molecule has 0 aromatic carbocycles. The van der Waals surface area contributed by atoms with Gasteiger partial charge in [0.05, 0.1) is 12.6 Å². The van der Waals surface area contributed by atoms with Gasteiger partial charge in [0.1, 0.15) is 12.1 Å². The molecule has 2 amide bonds. The molecule has 2 unspecified atom stereocenters. The third kappa shape index (κ3) is 7.24. The van der Waals surface area contributed by atoms with Crippen molar-refractivity contribution in [2.24, 2.45) is 11.3 Å². The molecule has 1 aliphatic heterocycles. The number of ether oxygens (including phenoxy) is 1. The van der Waals surface area contributed by atoms with Gasteiger partial charge in [0.2, 0.25) is 11.8 Å². The Morgan fingerprint density at radius 2 is 1.87 bits per heavy atom. The molecule has 0 aliphatic carbocycles. The van der Waals surface area contributed by atoms with Crippen LogP contribution in [0.3, 0.4) is 0 Å². The first kappa shape index (κ1) is 27.5. The predicted molar refractivity (Wildman–Crippen MR) is 127 cm³/mol. The Morgan fingerprint density at radius 3 is 2.29 bits per heavy atom. The number of carbonyl (C=O) groups excluding carboxylic acids is 3. The minimum Gasteiger partial charge on any atom is -0.463 e. The number of carbonyl (C=O) groups is 3. The quantitative estimate of drug-likeness (QED) is 0.432. The van der Waals surface area contributed by atoms with E-state index in [0.29, 0.717) is 18.1 Å². The first-order valence-electron chi connectivity index (χ1n) is 10.9. The topological polar surface area (TPSA) is 87.7 Å². The van der Waals surface area contributed by atoms with Gasteiger partial charge in [0.15, 0.2) is 0 Å². The van der Waals surface area contributed by atoms with Crippen molar-refractivity contribution in [1.29, 1.82) is 0 Å². The Labute approximate surface area is 192 Å². The lowest BCUT2D eigenvalue weighted by molar-refractivity contribution is -0.141. The molecule has 1 fully saturated rings. The number of hydrogen-bond donors (Lipinski definition) is 2. The minimum atomic E-state index is -0.703. The maximum atomic E-state index is 13.6. The average molecular weight is 456 g/mol. The molecule has 1 aliphatic rings.